The smallest absolute Gasteiger partial charge is 0.262 e. The molecule has 0 saturated heterocycles. The van der Waals surface area contributed by atoms with Gasteiger partial charge in [0.05, 0.1) is 10.4 Å². The Morgan fingerprint density at radius 1 is 1.54 bits per heavy atom. The van der Waals surface area contributed by atoms with Crippen molar-refractivity contribution in [3.05, 3.63) is 34.9 Å². The van der Waals surface area contributed by atoms with Crippen LogP contribution in [0.4, 0.5) is 0 Å². The lowest BCUT2D eigenvalue weighted by Gasteiger charge is -1.98. The van der Waals surface area contributed by atoms with Crippen molar-refractivity contribution in [2.75, 3.05) is 6.26 Å². The van der Waals surface area contributed by atoms with Gasteiger partial charge < -0.3 is 4.98 Å². The van der Waals surface area contributed by atoms with Gasteiger partial charge in [-0.3, -0.25) is 9.78 Å². The fourth-order valence-electron chi connectivity index (χ4n) is 1.18. The molecule has 2 aromatic heterocycles. The number of pyridine rings is 2. The van der Waals surface area contributed by atoms with E-state index in [1.807, 2.05) is 12.3 Å². The van der Waals surface area contributed by atoms with Crippen LogP contribution in [0.5, 0.6) is 0 Å². The molecule has 0 fully saturated rings. The molecule has 0 aliphatic heterocycles. The Labute approximate surface area is 79.2 Å². The van der Waals surface area contributed by atoms with Crippen LogP contribution in [0.1, 0.15) is 0 Å². The predicted molar refractivity (Wildman–Crippen MR) is 54.1 cm³/mol. The minimum Gasteiger partial charge on any atom is -0.321 e. The largest absolute Gasteiger partial charge is 0.321 e. The molecule has 0 aliphatic rings. The molecule has 66 valence electrons. The number of thioether (sulfide) groups is 1. The van der Waals surface area contributed by atoms with Gasteiger partial charge in [-0.05, 0) is 18.4 Å². The second-order valence-electron chi connectivity index (χ2n) is 2.63. The van der Waals surface area contributed by atoms with Gasteiger partial charge in [0.2, 0.25) is 0 Å². The molecular formula is C9H8N2OS. The number of nitrogens with zero attached hydrogens (tertiary/aromatic N) is 1. The van der Waals surface area contributed by atoms with E-state index in [4.69, 9.17) is 0 Å². The molecule has 4 heteroatoms. The molecule has 3 nitrogen and oxygen atoms in total. The fraction of sp³-hybridized carbons (Fsp3) is 0.111. The van der Waals surface area contributed by atoms with E-state index in [1.54, 1.807) is 18.5 Å². The maximum atomic E-state index is 11.4. The standard InChI is InChI=1S/C9H8N2OS/c1-13-8-4-6-5-10-3-2-7(6)11-9(8)12/h2-5H,1H3,(H,11,12). The van der Waals surface area contributed by atoms with Crippen molar-refractivity contribution >= 4 is 22.7 Å². The first-order valence-electron chi connectivity index (χ1n) is 3.82. The summed E-state index contributed by atoms with van der Waals surface area (Å²) in [4.78, 5) is 18.9. The Hall–Kier alpha value is -1.29. The molecule has 0 unspecified atom stereocenters. The first kappa shape index (κ1) is 8.31. The van der Waals surface area contributed by atoms with E-state index < -0.39 is 0 Å². The second kappa shape index (κ2) is 3.22. The Kier molecular flexibility index (Phi) is 2.06. The third-order valence-electron chi connectivity index (χ3n) is 1.83. The molecule has 0 atom stereocenters. The van der Waals surface area contributed by atoms with Crippen molar-refractivity contribution < 1.29 is 0 Å². The van der Waals surface area contributed by atoms with Gasteiger partial charge in [-0.2, -0.15) is 0 Å². The van der Waals surface area contributed by atoms with Crippen LogP contribution in [0.15, 0.2) is 34.2 Å². The van der Waals surface area contributed by atoms with Crippen molar-refractivity contribution in [1.82, 2.24) is 9.97 Å². The van der Waals surface area contributed by atoms with Crippen molar-refractivity contribution in [2.24, 2.45) is 0 Å². The number of hydrogen-bond acceptors (Lipinski definition) is 3. The number of nitrogens with one attached hydrogen (secondary N) is 1. The molecule has 0 bridgehead atoms. The zero-order valence-corrected chi connectivity index (χ0v) is 7.89. The van der Waals surface area contributed by atoms with E-state index in [9.17, 15) is 4.79 Å². The van der Waals surface area contributed by atoms with E-state index in [1.165, 1.54) is 11.8 Å². The topological polar surface area (TPSA) is 45.8 Å². The van der Waals surface area contributed by atoms with Crippen LogP contribution >= 0.6 is 11.8 Å². The maximum absolute atomic E-state index is 11.4. The minimum absolute atomic E-state index is 0.0359. The molecule has 13 heavy (non-hydrogen) atoms. The van der Waals surface area contributed by atoms with Gasteiger partial charge in [-0.25, -0.2) is 0 Å². The molecule has 2 aromatic rings. The number of H-pyrrole nitrogens is 1. The predicted octanol–water partition coefficient (Wildman–Crippen LogP) is 1.64. The zero-order chi connectivity index (χ0) is 9.26. The molecule has 0 aromatic carbocycles. The average Bonchev–Trinajstić information content (AvgIpc) is 2.17. The quantitative estimate of drug-likeness (QED) is 0.699. The third-order valence-corrected chi connectivity index (χ3v) is 2.57. The molecule has 0 saturated carbocycles. The van der Waals surface area contributed by atoms with Gasteiger partial charge in [0.15, 0.2) is 0 Å². The Morgan fingerprint density at radius 2 is 2.38 bits per heavy atom. The summed E-state index contributed by atoms with van der Waals surface area (Å²) in [7, 11) is 0. The number of aromatic amines is 1. The molecule has 2 heterocycles. The van der Waals surface area contributed by atoms with E-state index >= 15 is 0 Å². The van der Waals surface area contributed by atoms with Crippen LogP contribution in [0.3, 0.4) is 0 Å². The number of aromatic nitrogens is 2. The Balaban J connectivity index is 2.81. The van der Waals surface area contributed by atoms with Crippen LogP contribution in [0, 0.1) is 0 Å². The molecule has 1 N–H and O–H groups in total. The maximum Gasteiger partial charge on any atom is 0.262 e. The highest BCUT2D eigenvalue weighted by Crippen LogP contribution is 2.14. The number of rotatable bonds is 1. The summed E-state index contributed by atoms with van der Waals surface area (Å²) >= 11 is 1.44. The van der Waals surface area contributed by atoms with E-state index in [2.05, 4.69) is 9.97 Å². The summed E-state index contributed by atoms with van der Waals surface area (Å²) in [6.07, 6.45) is 5.29. The highest BCUT2D eigenvalue weighted by atomic mass is 32.2. The zero-order valence-electron chi connectivity index (χ0n) is 7.07. The molecule has 2 rings (SSSR count). The summed E-state index contributed by atoms with van der Waals surface area (Å²) in [5.41, 5.74) is 0.795. The van der Waals surface area contributed by atoms with Crippen LogP contribution in [-0.2, 0) is 0 Å². The number of hydrogen-bond donors (Lipinski definition) is 1. The van der Waals surface area contributed by atoms with Gasteiger partial charge in [-0.15, -0.1) is 11.8 Å². The van der Waals surface area contributed by atoms with E-state index in [-0.39, 0.29) is 5.56 Å². The molecule has 0 radical (unpaired) electrons. The van der Waals surface area contributed by atoms with Gasteiger partial charge >= 0.3 is 0 Å². The van der Waals surface area contributed by atoms with Crippen LogP contribution in [-0.4, -0.2) is 16.2 Å². The van der Waals surface area contributed by atoms with Crippen LogP contribution < -0.4 is 5.56 Å². The van der Waals surface area contributed by atoms with Crippen molar-refractivity contribution in [3.63, 3.8) is 0 Å². The summed E-state index contributed by atoms with van der Waals surface area (Å²) in [5.74, 6) is 0. The average molecular weight is 192 g/mol. The molecule has 0 aliphatic carbocycles. The van der Waals surface area contributed by atoms with Crippen LogP contribution in [0.25, 0.3) is 10.9 Å². The molecule has 0 spiro atoms. The van der Waals surface area contributed by atoms with Gasteiger partial charge in [0, 0.05) is 17.8 Å². The molecular weight excluding hydrogens is 184 g/mol. The van der Waals surface area contributed by atoms with Crippen molar-refractivity contribution in [1.29, 1.82) is 0 Å². The van der Waals surface area contributed by atoms with Gasteiger partial charge in [-0.1, -0.05) is 0 Å². The van der Waals surface area contributed by atoms with Crippen molar-refractivity contribution in [2.45, 2.75) is 4.90 Å². The van der Waals surface area contributed by atoms with E-state index in [0.717, 1.165) is 15.8 Å². The fourth-order valence-corrected chi connectivity index (χ4v) is 1.66. The molecule has 0 amide bonds. The SMILES string of the molecule is CSc1cc2cnccc2[nH]c1=O. The van der Waals surface area contributed by atoms with Gasteiger partial charge in [0.1, 0.15) is 0 Å². The van der Waals surface area contributed by atoms with E-state index in [0.29, 0.717) is 0 Å². The lowest BCUT2D eigenvalue weighted by molar-refractivity contribution is 1.19. The van der Waals surface area contributed by atoms with Crippen LogP contribution in [0.2, 0.25) is 0 Å². The first-order chi connectivity index (χ1) is 6.31. The summed E-state index contributed by atoms with van der Waals surface area (Å²) in [5, 5.41) is 0.964. The van der Waals surface area contributed by atoms with Gasteiger partial charge in [0.25, 0.3) is 5.56 Å². The Bertz CT molecular complexity index is 492. The highest BCUT2D eigenvalue weighted by Gasteiger charge is 1.99. The summed E-state index contributed by atoms with van der Waals surface area (Å²) in [6.45, 7) is 0. The highest BCUT2D eigenvalue weighted by molar-refractivity contribution is 7.98. The lowest BCUT2D eigenvalue weighted by Crippen LogP contribution is -2.07. The normalized spacial score (nSPS) is 10.5. The monoisotopic (exact) mass is 192 g/mol. The first-order valence-corrected chi connectivity index (χ1v) is 5.05. The lowest BCUT2D eigenvalue weighted by atomic mass is 10.3. The minimum atomic E-state index is -0.0359. The van der Waals surface area contributed by atoms with Crippen molar-refractivity contribution in [3.8, 4) is 0 Å². The summed E-state index contributed by atoms with van der Waals surface area (Å²) < 4.78 is 0. The third kappa shape index (κ3) is 1.45. The summed E-state index contributed by atoms with van der Waals surface area (Å²) in [6, 6.07) is 3.65. The number of fused-ring (bicyclic) bond motifs is 1. The second-order valence-corrected chi connectivity index (χ2v) is 3.48. The Morgan fingerprint density at radius 3 is 3.15 bits per heavy atom.